The number of aromatic nitrogens is 1. The zero-order valence-electron chi connectivity index (χ0n) is 26.5. The Morgan fingerprint density at radius 3 is 2.33 bits per heavy atom. The number of piperazine rings is 1. The van der Waals surface area contributed by atoms with Crippen LogP contribution < -0.4 is 14.4 Å². The lowest BCUT2D eigenvalue weighted by Crippen LogP contribution is -2.46. The second kappa shape index (κ2) is 19.5. The molecule has 2 heterocycles. The number of hydrogen-bond acceptors (Lipinski definition) is 8. The van der Waals surface area contributed by atoms with Gasteiger partial charge in [-0.25, -0.2) is 9.78 Å². The summed E-state index contributed by atoms with van der Waals surface area (Å²) in [5, 5.41) is 2.20. The smallest absolute Gasteiger partial charge is 0.494 e. The van der Waals surface area contributed by atoms with Gasteiger partial charge in [-0.1, -0.05) is 81.1 Å². The number of benzene rings is 2. The average Bonchev–Trinajstić information content (AvgIpc) is 3.05. The number of nitrogens with zero attached hydrogens (tertiary/aromatic N) is 3. The number of carbonyl (C=O) groups excluding carboxylic acids is 1. The standard InChI is InChI=1S/C35H47Cl2N3O5/c1-2-3-4-5-6-7-8-10-25-43-35(41)45-27-44-33-18-16-28-15-17-29(26-31(28)38-33)42-24-11-9-19-39-20-22-40(23-21-39)32-14-12-13-30(36)34(32)37/h12-18,26H,2-11,19-25,27H2,1H3. The number of pyridine rings is 1. The molecule has 3 aromatic rings. The van der Waals surface area contributed by atoms with Gasteiger partial charge in [-0.15, -0.1) is 0 Å². The number of halogens is 2. The Bertz CT molecular complexity index is 1320. The number of unbranched alkanes of at least 4 members (excludes halogenated alkanes) is 8. The first-order chi connectivity index (χ1) is 22.0. The molecular weight excluding hydrogens is 613 g/mol. The molecule has 0 aliphatic carbocycles. The Kier molecular flexibility index (Phi) is 15.2. The van der Waals surface area contributed by atoms with Crippen LogP contribution in [0.5, 0.6) is 11.6 Å². The highest BCUT2D eigenvalue weighted by molar-refractivity contribution is 6.43. The molecule has 4 rings (SSSR count). The van der Waals surface area contributed by atoms with E-state index in [0.29, 0.717) is 29.1 Å². The second-order valence-electron chi connectivity index (χ2n) is 11.4. The van der Waals surface area contributed by atoms with Crippen molar-refractivity contribution >= 4 is 45.9 Å². The highest BCUT2D eigenvalue weighted by Gasteiger charge is 2.19. The predicted octanol–water partition coefficient (Wildman–Crippen LogP) is 9.15. The summed E-state index contributed by atoms with van der Waals surface area (Å²) in [6, 6.07) is 15.3. The van der Waals surface area contributed by atoms with E-state index in [1.165, 1.54) is 38.5 Å². The highest BCUT2D eigenvalue weighted by Crippen LogP contribution is 2.33. The summed E-state index contributed by atoms with van der Waals surface area (Å²) in [5.74, 6) is 1.13. The number of ether oxygens (including phenoxy) is 4. The average molecular weight is 661 g/mol. The van der Waals surface area contributed by atoms with E-state index in [1.54, 1.807) is 6.07 Å². The maximum Gasteiger partial charge on any atom is 0.511 e. The van der Waals surface area contributed by atoms with E-state index >= 15 is 0 Å². The fourth-order valence-corrected chi connectivity index (χ4v) is 5.81. The molecular formula is C35H47Cl2N3O5. The third-order valence-electron chi connectivity index (χ3n) is 8.02. The molecule has 246 valence electrons. The lowest BCUT2D eigenvalue weighted by atomic mass is 10.1. The van der Waals surface area contributed by atoms with Gasteiger partial charge in [-0.2, -0.15) is 0 Å². The van der Waals surface area contributed by atoms with Crippen molar-refractivity contribution in [2.75, 3.05) is 57.6 Å². The molecule has 0 bridgehead atoms. The van der Waals surface area contributed by atoms with Gasteiger partial charge >= 0.3 is 6.16 Å². The first-order valence-electron chi connectivity index (χ1n) is 16.4. The second-order valence-corrected chi connectivity index (χ2v) is 12.2. The number of hydrogen-bond donors (Lipinski definition) is 0. The van der Waals surface area contributed by atoms with E-state index in [2.05, 4.69) is 21.7 Å². The van der Waals surface area contributed by atoms with Gasteiger partial charge < -0.3 is 23.8 Å². The van der Waals surface area contributed by atoms with Gasteiger partial charge in [0.25, 0.3) is 0 Å². The molecule has 8 nitrogen and oxygen atoms in total. The van der Waals surface area contributed by atoms with Gasteiger partial charge in [0.2, 0.25) is 12.7 Å². The Labute approximate surface area is 277 Å². The zero-order chi connectivity index (χ0) is 31.7. The number of anilines is 1. The van der Waals surface area contributed by atoms with E-state index in [0.717, 1.165) is 80.7 Å². The Morgan fingerprint density at radius 2 is 1.53 bits per heavy atom. The monoisotopic (exact) mass is 659 g/mol. The van der Waals surface area contributed by atoms with Gasteiger partial charge in [0.1, 0.15) is 5.75 Å². The fourth-order valence-electron chi connectivity index (χ4n) is 5.40. The van der Waals surface area contributed by atoms with Crippen LogP contribution in [0.4, 0.5) is 10.5 Å². The third-order valence-corrected chi connectivity index (χ3v) is 8.83. The molecule has 1 aliphatic heterocycles. The normalized spacial score (nSPS) is 13.6. The van der Waals surface area contributed by atoms with E-state index in [-0.39, 0.29) is 6.79 Å². The van der Waals surface area contributed by atoms with Crippen molar-refractivity contribution in [2.24, 2.45) is 0 Å². The van der Waals surface area contributed by atoms with Crippen molar-refractivity contribution in [2.45, 2.75) is 71.1 Å². The molecule has 45 heavy (non-hydrogen) atoms. The van der Waals surface area contributed by atoms with Crippen molar-refractivity contribution in [1.82, 2.24) is 9.88 Å². The number of carbonyl (C=O) groups is 1. The number of fused-ring (bicyclic) bond motifs is 1. The van der Waals surface area contributed by atoms with Crippen molar-refractivity contribution < 1.29 is 23.7 Å². The highest BCUT2D eigenvalue weighted by atomic mass is 35.5. The number of rotatable bonds is 19. The molecule has 0 radical (unpaired) electrons. The van der Waals surface area contributed by atoms with Crippen LogP contribution in [0.3, 0.4) is 0 Å². The van der Waals surface area contributed by atoms with Crippen LogP contribution in [0.15, 0.2) is 48.5 Å². The molecule has 1 aliphatic rings. The Morgan fingerprint density at radius 1 is 0.800 bits per heavy atom. The van der Waals surface area contributed by atoms with Crippen molar-refractivity contribution in [1.29, 1.82) is 0 Å². The summed E-state index contributed by atoms with van der Waals surface area (Å²) in [7, 11) is 0. The summed E-state index contributed by atoms with van der Waals surface area (Å²) < 4.78 is 21.7. The summed E-state index contributed by atoms with van der Waals surface area (Å²) in [6.45, 7) is 7.86. The van der Waals surface area contributed by atoms with Crippen LogP contribution in [0.25, 0.3) is 10.9 Å². The maximum absolute atomic E-state index is 11.8. The predicted molar refractivity (Wildman–Crippen MR) is 182 cm³/mol. The van der Waals surface area contributed by atoms with E-state index in [9.17, 15) is 4.79 Å². The summed E-state index contributed by atoms with van der Waals surface area (Å²) in [6.07, 6.45) is 10.8. The SMILES string of the molecule is CCCCCCCCCCOC(=O)OCOc1ccc2ccc(OCCCCN3CCN(c4cccc(Cl)c4Cl)CC3)cc2n1. The Balaban J connectivity index is 1.07. The summed E-state index contributed by atoms with van der Waals surface area (Å²) in [5.41, 5.74) is 1.76. The van der Waals surface area contributed by atoms with Crippen molar-refractivity contribution in [3.05, 3.63) is 58.6 Å². The van der Waals surface area contributed by atoms with Gasteiger partial charge in [-0.05, 0) is 56.1 Å². The van der Waals surface area contributed by atoms with Crippen molar-refractivity contribution in [3.8, 4) is 11.6 Å². The summed E-state index contributed by atoms with van der Waals surface area (Å²) in [4.78, 5) is 21.2. The molecule has 1 fully saturated rings. The van der Waals surface area contributed by atoms with Gasteiger partial charge in [0, 0.05) is 43.7 Å². The van der Waals surface area contributed by atoms with Gasteiger partial charge in [0.05, 0.1) is 34.5 Å². The molecule has 0 atom stereocenters. The molecule has 0 saturated carbocycles. The topological polar surface area (TPSA) is 73.4 Å². The lowest BCUT2D eigenvalue weighted by Gasteiger charge is -2.36. The molecule has 10 heteroatoms. The van der Waals surface area contributed by atoms with E-state index < -0.39 is 6.16 Å². The largest absolute Gasteiger partial charge is 0.511 e. The van der Waals surface area contributed by atoms with Crippen LogP contribution in [0, 0.1) is 0 Å². The molecule has 0 N–H and O–H groups in total. The fraction of sp³-hybridized carbons (Fsp3) is 0.543. The van der Waals surface area contributed by atoms with Crippen molar-refractivity contribution in [3.63, 3.8) is 0 Å². The minimum Gasteiger partial charge on any atom is -0.494 e. The van der Waals surface area contributed by atoms with Crippen LogP contribution in [-0.4, -0.2) is 68.8 Å². The summed E-state index contributed by atoms with van der Waals surface area (Å²) >= 11 is 12.6. The Hall–Kier alpha value is -2.94. The first-order valence-corrected chi connectivity index (χ1v) is 17.2. The van der Waals surface area contributed by atoms with E-state index in [4.69, 9.17) is 42.1 Å². The molecule has 0 spiro atoms. The molecule has 1 saturated heterocycles. The third kappa shape index (κ3) is 12.1. The molecule has 1 aromatic heterocycles. The molecule has 0 unspecified atom stereocenters. The van der Waals surface area contributed by atoms with Crippen LogP contribution in [-0.2, 0) is 9.47 Å². The molecule has 2 aromatic carbocycles. The van der Waals surface area contributed by atoms with Gasteiger partial charge in [-0.3, -0.25) is 4.90 Å². The first kappa shape index (κ1) is 34.9. The van der Waals surface area contributed by atoms with Crippen LogP contribution in [0.1, 0.15) is 71.1 Å². The maximum atomic E-state index is 11.8. The van der Waals surface area contributed by atoms with Gasteiger partial charge in [0.15, 0.2) is 0 Å². The zero-order valence-corrected chi connectivity index (χ0v) is 28.0. The lowest BCUT2D eigenvalue weighted by molar-refractivity contribution is 0.00267. The minimum atomic E-state index is -0.723. The van der Waals surface area contributed by atoms with Crippen LogP contribution in [0.2, 0.25) is 10.0 Å². The quantitative estimate of drug-likeness (QED) is 0.0716. The van der Waals surface area contributed by atoms with E-state index in [1.807, 2.05) is 42.5 Å². The molecule has 0 amide bonds. The van der Waals surface area contributed by atoms with Crippen LogP contribution >= 0.6 is 23.2 Å². The minimum absolute atomic E-state index is 0.256.